The van der Waals surface area contributed by atoms with Crippen molar-refractivity contribution in [2.75, 3.05) is 19.8 Å². The van der Waals surface area contributed by atoms with Crippen LogP contribution in [-0.2, 0) is 15.4 Å². The van der Waals surface area contributed by atoms with Gasteiger partial charge in [-0.25, -0.2) is 4.57 Å². The molecule has 0 aliphatic heterocycles. The maximum absolute atomic E-state index is 11.1. The fraction of sp³-hybridized carbons (Fsp3) is 0.667. The van der Waals surface area contributed by atoms with E-state index >= 15 is 0 Å². The van der Waals surface area contributed by atoms with Crippen LogP contribution in [0.15, 0.2) is 18.2 Å². The standard InChI is InChI=1S/C14H23O4P.C4H11NO3/c1-13(2,3)10-8-7-9-11(18-19(15,16)17)12(10)14(4,5)6;5-4(1-6,2-7)3-8/h7-9H,1-6H3,(H2,15,16,17);6-8H,1-3,5H2. The summed E-state index contributed by atoms with van der Waals surface area (Å²) in [6.45, 7) is 11.0. The normalized spacial score (nSPS) is 13.0. The predicted molar refractivity (Wildman–Crippen MR) is 105 cm³/mol. The third-order valence-corrected chi connectivity index (χ3v) is 4.18. The van der Waals surface area contributed by atoms with Crippen LogP contribution in [0.1, 0.15) is 52.7 Å². The zero-order valence-corrected chi connectivity index (χ0v) is 17.8. The van der Waals surface area contributed by atoms with Gasteiger partial charge in [0.25, 0.3) is 0 Å². The molecular weight excluding hydrogens is 373 g/mol. The number of nitrogens with two attached hydrogens (primary N) is 1. The fourth-order valence-corrected chi connectivity index (χ4v) is 2.69. The first-order valence-electron chi connectivity index (χ1n) is 8.51. The molecule has 0 saturated heterocycles. The Kier molecular flexibility index (Phi) is 9.13. The predicted octanol–water partition coefficient (Wildman–Crippen LogP) is 1.41. The van der Waals surface area contributed by atoms with E-state index in [2.05, 4.69) is 20.8 Å². The number of rotatable bonds is 5. The molecule has 0 radical (unpaired) electrons. The molecule has 0 heterocycles. The SMILES string of the molecule is CC(C)(C)c1cccc(OP(=O)(O)O)c1C(C)(C)C.NC(CO)(CO)CO. The topological polar surface area (TPSA) is 153 Å². The van der Waals surface area contributed by atoms with E-state index in [9.17, 15) is 4.57 Å². The average molecular weight is 407 g/mol. The zero-order valence-electron chi connectivity index (χ0n) is 16.9. The van der Waals surface area contributed by atoms with Crippen molar-refractivity contribution in [3.05, 3.63) is 29.3 Å². The van der Waals surface area contributed by atoms with Gasteiger partial charge in [0.1, 0.15) is 5.75 Å². The monoisotopic (exact) mass is 407 g/mol. The maximum atomic E-state index is 11.1. The molecule has 0 aromatic heterocycles. The molecule has 0 aliphatic carbocycles. The van der Waals surface area contributed by atoms with Crippen LogP contribution < -0.4 is 10.3 Å². The van der Waals surface area contributed by atoms with Crippen LogP contribution in [-0.4, -0.2) is 50.5 Å². The van der Waals surface area contributed by atoms with Crippen LogP contribution in [0.5, 0.6) is 5.75 Å². The van der Waals surface area contributed by atoms with Gasteiger partial charge in [-0.1, -0.05) is 53.7 Å². The summed E-state index contributed by atoms with van der Waals surface area (Å²) in [6.07, 6.45) is 0. The lowest BCUT2D eigenvalue weighted by molar-refractivity contribution is 0.0697. The summed E-state index contributed by atoms with van der Waals surface area (Å²) < 4.78 is 16.0. The first-order valence-corrected chi connectivity index (χ1v) is 10.0. The van der Waals surface area contributed by atoms with Crippen molar-refractivity contribution in [3.63, 3.8) is 0 Å². The van der Waals surface area contributed by atoms with Crippen LogP contribution in [0.25, 0.3) is 0 Å². The third-order valence-electron chi connectivity index (χ3n) is 3.75. The molecule has 158 valence electrons. The highest BCUT2D eigenvalue weighted by Crippen LogP contribution is 2.45. The number of hydrogen-bond acceptors (Lipinski definition) is 6. The van der Waals surface area contributed by atoms with E-state index in [1.807, 2.05) is 26.8 Å². The van der Waals surface area contributed by atoms with Crippen LogP contribution in [0, 0.1) is 0 Å². The second kappa shape index (κ2) is 9.47. The molecular formula is C18H34NO7P. The van der Waals surface area contributed by atoms with Gasteiger partial charge in [0.15, 0.2) is 0 Å². The summed E-state index contributed by atoms with van der Waals surface area (Å²) in [5, 5.41) is 25.0. The molecule has 0 amide bonds. The number of hydrogen-bond donors (Lipinski definition) is 6. The Morgan fingerprint density at radius 3 is 1.63 bits per heavy atom. The summed E-state index contributed by atoms with van der Waals surface area (Å²) >= 11 is 0. The van der Waals surface area contributed by atoms with Crippen molar-refractivity contribution in [1.82, 2.24) is 0 Å². The van der Waals surface area contributed by atoms with Gasteiger partial charge in [-0.3, -0.25) is 9.79 Å². The Bertz CT molecular complexity index is 632. The molecule has 0 atom stereocenters. The lowest BCUT2D eigenvalue weighted by Gasteiger charge is -2.31. The largest absolute Gasteiger partial charge is 0.524 e. The molecule has 0 bridgehead atoms. The van der Waals surface area contributed by atoms with Gasteiger partial charge in [0.2, 0.25) is 0 Å². The molecule has 0 fully saturated rings. The van der Waals surface area contributed by atoms with E-state index in [4.69, 9.17) is 35.4 Å². The van der Waals surface area contributed by atoms with Crippen molar-refractivity contribution in [2.45, 2.75) is 57.9 Å². The zero-order chi connectivity index (χ0) is 21.7. The van der Waals surface area contributed by atoms with Crippen molar-refractivity contribution < 1.29 is 34.2 Å². The number of phosphoric acid groups is 1. The summed E-state index contributed by atoms with van der Waals surface area (Å²) in [6, 6.07) is 5.35. The number of aliphatic hydroxyl groups is 3. The van der Waals surface area contributed by atoms with E-state index in [1.165, 1.54) is 0 Å². The first-order chi connectivity index (χ1) is 12.0. The lowest BCUT2D eigenvalue weighted by atomic mass is 9.75. The van der Waals surface area contributed by atoms with Crippen molar-refractivity contribution in [1.29, 1.82) is 0 Å². The summed E-state index contributed by atoms with van der Waals surface area (Å²) in [5.74, 6) is 0.258. The van der Waals surface area contributed by atoms with E-state index in [0.717, 1.165) is 11.1 Å². The van der Waals surface area contributed by atoms with E-state index in [-0.39, 0.29) is 16.6 Å². The van der Waals surface area contributed by atoms with Crippen LogP contribution in [0.4, 0.5) is 0 Å². The van der Waals surface area contributed by atoms with Crippen LogP contribution in [0.3, 0.4) is 0 Å². The molecule has 0 unspecified atom stereocenters. The smallest absolute Gasteiger partial charge is 0.404 e. The highest BCUT2D eigenvalue weighted by molar-refractivity contribution is 7.46. The quantitative estimate of drug-likeness (QED) is 0.401. The minimum absolute atomic E-state index is 0.128. The van der Waals surface area contributed by atoms with Crippen molar-refractivity contribution >= 4 is 7.82 Å². The summed E-state index contributed by atoms with van der Waals surface area (Å²) in [4.78, 5) is 18.1. The van der Waals surface area contributed by atoms with Crippen molar-refractivity contribution in [2.24, 2.45) is 5.73 Å². The Morgan fingerprint density at radius 1 is 0.926 bits per heavy atom. The minimum Gasteiger partial charge on any atom is -0.404 e. The molecule has 1 aromatic carbocycles. The average Bonchev–Trinajstić information content (AvgIpc) is 2.51. The molecule has 1 rings (SSSR count). The highest BCUT2D eigenvalue weighted by atomic mass is 31.2. The van der Waals surface area contributed by atoms with Gasteiger partial charge >= 0.3 is 7.82 Å². The third kappa shape index (κ3) is 8.70. The van der Waals surface area contributed by atoms with Crippen molar-refractivity contribution in [3.8, 4) is 5.75 Å². The lowest BCUT2D eigenvalue weighted by Crippen LogP contribution is -2.50. The summed E-state index contributed by atoms with van der Waals surface area (Å²) in [7, 11) is -4.56. The van der Waals surface area contributed by atoms with Gasteiger partial charge in [-0.2, -0.15) is 0 Å². The second-order valence-electron chi connectivity index (χ2n) is 8.60. The Balaban J connectivity index is 0.000000713. The van der Waals surface area contributed by atoms with E-state index in [0.29, 0.717) is 0 Å². The van der Waals surface area contributed by atoms with E-state index < -0.39 is 33.2 Å². The molecule has 0 aliphatic rings. The molecule has 0 saturated carbocycles. The number of aliphatic hydroxyl groups excluding tert-OH is 3. The molecule has 1 aromatic rings. The van der Waals surface area contributed by atoms with Gasteiger partial charge in [0.05, 0.1) is 25.4 Å². The van der Waals surface area contributed by atoms with Gasteiger partial charge in [0, 0.05) is 5.56 Å². The molecule has 9 heteroatoms. The maximum Gasteiger partial charge on any atom is 0.524 e. The Labute approximate surface area is 161 Å². The highest BCUT2D eigenvalue weighted by Gasteiger charge is 2.30. The second-order valence-corrected chi connectivity index (χ2v) is 9.76. The molecule has 27 heavy (non-hydrogen) atoms. The fourth-order valence-electron chi connectivity index (χ4n) is 2.28. The van der Waals surface area contributed by atoms with Gasteiger partial charge < -0.3 is 25.6 Å². The van der Waals surface area contributed by atoms with Gasteiger partial charge in [-0.05, 0) is 22.5 Å². The van der Waals surface area contributed by atoms with E-state index in [1.54, 1.807) is 12.1 Å². The molecule has 8 nitrogen and oxygen atoms in total. The molecule has 7 N–H and O–H groups in total. The Morgan fingerprint density at radius 2 is 1.37 bits per heavy atom. The summed E-state index contributed by atoms with van der Waals surface area (Å²) in [5.41, 5.74) is 5.41. The molecule has 0 spiro atoms. The first kappa shape index (κ1) is 26.0. The number of phosphoric ester groups is 1. The Hall–Kier alpha value is -0.990. The minimum atomic E-state index is -4.56. The number of benzene rings is 1. The van der Waals surface area contributed by atoms with Gasteiger partial charge in [-0.15, -0.1) is 0 Å². The van der Waals surface area contributed by atoms with Crippen LogP contribution in [0.2, 0.25) is 0 Å². The van der Waals surface area contributed by atoms with Crippen LogP contribution >= 0.6 is 7.82 Å².